The molecule has 3 atom stereocenters. The van der Waals surface area contributed by atoms with Gasteiger partial charge in [0.1, 0.15) is 0 Å². The third-order valence-corrected chi connectivity index (χ3v) is 7.31. The van der Waals surface area contributed by atoms with E-state index in [4.69, 9.17) is 14.2 Å². The molecule has 0 radical (unpaired) electrons. The normalized spacial score (nSPS) is 15.3. The van der Waals surface area contributed by atoms with E-state index in [0.717, 1.165) is 0 Å². The van der Waals surface area contributed by atoms with E-state index in [1.165, 1.54) is 20.8 Å². The fourth-order valence-electron chi connectivity index (χ4n) is 2.47. The van der Waals surface area contributed by atoms with Crippen LogP contribution in [0, 0.1) is 0 Å². The first-order chi connectivity index (χ1) is 14.9. The summed E-state index contributed by atoms with van der Waals surface area (Å²) in [6, 6.07) is 1.42. The number of carboxylic acids is 1. The predicted molar refractivity (Wildman–Crippen MR) is 112 cm³/mol. The minimum Gasteiger partial charge on any atom is -0.478 e. The molecule has 0 heterocycles. The molecule has 0 saturated heterocycles. The van der Waals surface area contributed by atoms with Crippen LogP contribution in [-0.2, 0) is 30.4 Å². The van der Waals surface area contributed by atoms with Gasteiger partial charge in [0.25, 0.3) is 0 Å². The highest BCUT2D eigenvalue weighted by molar-refractivity contribution is 7.86. The van der Waals surface area contributed by atoms with Crippen molar-refractivity contribution >= 4 is 36.3 Å². The molecule has 1 aromatic carbocycles. The molecule has 0 aliphatic carbocycles. The molecular weight excluding hydrogens is 512 g/mol. The third kappa shape index (κ3) is 7.97. The van der Waals surface area contributed by atoms with Gasteiger partial charge in [0, 0.05) is 0 Å². The van der Waals surface area contributed by atoms with E-state index in [1.54, 1.807) is 0 Å². The standard InChI is InChI=1S/C16H24O14S3/c1-4-12(31(19,20)21)28-10-7-9(16(17)18)8-11(29-13(5-2)32(22,23)24)15(10)30-14(6-3)33(25,26)27/h7-8,12-14H,4-6H2,1-3H3,(H,17,18)(H,19,20,21)(H,22,23,24)(H,25,26,27). The molecule has 17 heteroatoms. The van der Waals surface area contributed by atoms with Crippen LogP contribution in [0.25, 0.3) is 0 Å². The van der Waals surface area contributed by atoms with Gasteiger partial charge >= 0.3 is 36.3 Å². The minimum absolute atomic E-state index is 0.357. The van der Waals surface area contributed by atoms with Gasteiger partial charge in [-0.1, -0.05) is 20.8 Å². The number of rotatable bonds is 13. The maximum absolute atomic E-state index is 11.6. The smallest absolute Gasteiger partial charge is 0.335 e. The molecule has 33 heavy (non-hydrogen) atoms. The number of hydrogen-bond donors (Lipinski definition) is 4. The second-order valence-corrected chi connectivity index (χ2v) is 11.2. The van der Waals surface area contributed by atoms with Crippen LogP contribution in [0.1, 0.15) is 50.4 Å². The molecule has 0 aliphatic rings. The van der Waals surface area contributed by atoms with Crippen molar-refractivity contribution in [2.45, 2.75) is 56.3 Å². The zero-order chi connectivity index (χ0) is 25.8. The van der Waals surface area contributed by atoms with Gasteiger partial charge in [-0.3, -0.25) is 13.7 Å². The van der Waals surface area contributed by atoms with Crippen LogP contribution in [0.5, 0.6) is 17.2 Å². The number of hydrogen-bond acceptors (Lipinski definition) is 10. The quantitative estimate of drug-likeness (QED) is 0.261. The molecule has 0 aromatic heterocycles. The van der Waals surface area contributed by atoms with Crippen molar-refractivity contribution in [2.24, 2.45) is 0 Å². The van der Waals surface area contributed by atoms with Gasteiger partial charge < -0.3 is 19.3 Å². The van der Waals surface area contributed by atoms with E-state index in [1.807, 2.05) is 0 Å². The van der Waals surface area contributed by atoms with Gasteiger partial charge in [0.05, 0.1) is 5.56 Å². The first-order valence-electron chi connectivity index (χ1n) is 9.25. The maximum Gasteiger partial charge on any atom is 0.335 e. The molecule has 0 aliphatic heterocycles. The highest BCUT2D eigenvalue weighted by atomic mass is 32.2. The lowest BCUT2D eigenvalue weighted by molar-refractivity contribution is 0.0695. The lowest BCUT2D eigenvalue weighted by Gasteiger charge is -2.24. The van der Waals surface area contributed by atoms with Crippen LogP contribution in [0.3, 0.4) is 0 Å². The fourth-order valence-corrected chi connectivity index (χ4v) is 4.40. The molecule has 0 saturated carbocycles. The number of carbonyl (C=O) groups is 1. The number of aromatic carboxylic acids is 1. The highest BCUT2D eigenvalue weighted by Crippen LogP contribution is 2.42. The minimum atomic E-state index is -4.88. The van der Waals surface area contributed by atoms with Crippen LogP contribution < -0.4 is 14.2 Å². The molecule has 3 unspecified atom stereocenters. The highest BCUT2D eigenvalue weighted by Gasteiger charge is 2.33. The number of ether oxygens (including phenoxy) is 3. The summed E-state index contributed by atoms with van der Waals surface area (Å²) in [7, 11) is -14.6. The number of carboxylic acid groups (broad SMARTS) is 1. The zero-order valence-electron chi connectivity index (χ0n) is 17.6. The van der Waals surface area contributed by atoms with Gasteiger partial charge in [-0.15, -0.1) is 0 Å². The first kappa shape index (κ1) is 28.9. The summed E-state index contributed by atoms with van der Waals surface area (Å²) in [6.45, 7) is 3.86. The van der Waals surface area contributed by atoms with Crippen LogP contribution >= 0.6 is 0 Å². The molecule has 1 rings (SSSR count). The van der Waals surface area contributed by atoms with Gasteiger partial charge in [-0.05, 0) is 31.4 Å². The molecule has 4 N–H and O–H groups in total. The summed E-state index contributed by atoms with van der Waals surface area (Å²) < 4.78 is 113. The SMILES string of the molecule is CCC(Oc1cc(C(=O)O)cc(OC(CC)S(=O)(=O)O)c1OC(CC)S(=O)(=O)O)S(=O)(=O)O. The second kappa shape index (κ2) is 10.8. The third-order valence-electron chi connectivity index (χ3n) is 4.03. The van der Waals surface area contributed by atoms with Crippen molar-refractivity contribution in [2.75, 3.05) is 0 Å². The molecule has 0 amide bonds. The summed E-state index contributed by atoms with van der Waals surface area (Å²) in [5, 5.41) is 9.36. The van der Waals surface area contributed by atoms with Crippen molar-refractivity contribution in [3.63, 3.8) is 0 Å². The molecular formula is C16H24O14S3. The molecule has 0 bridgehead atoms. The fraction of sp³-hybridized carbons (Fsp3) is 0.562. The average Bonchev–Trinajstić information content (AvgIpc) is 2.65. The summed E-state index contributed by atoms with van der Waals surface area (Å²) >= 11 is 0. The van der Waals surface area contributed by atoms with E-state index in [9.17, 15) is 48.8 Å². The van der Waals surface area contributed by atoms with Crippen LogP contribution in [0.2, 0.25) is 0 Å². The second-order valence-electron chi connectivity index (χ2n) is 6.52. The van der Waals surface area contributed by atoms with Crippen LogP contribution in [0.4, 0.5) is 0 Å². The van der Waals surface area contributed by atoms with Crippen molar-refractivity contribution in [1.29, 1.82) is 0 Å². The van der Waals surface area contributed by atoms with E-state index >= 15 is 0 Å². The van der Waals surface area contributed by atoms with Gasteiger partial charge in [0.2, 0.25) is 22.1 Å². The van der Waals surface area contributed by atoms with Gasteiger partial charge in [0.15, 0.2) is 11.5 Å². The van der Waals surface area contributed by atoms with Gasteiger partial charge in [-0.25, -0.2) is 4.79 Å². The van der Waals surface area contributed by atoms with E-state index < -0.39 is 75.4 Å². The summed E-state index contributed by atoms with van der Waals surface area (Å²) in [5.74, 6) is -3.94. The Bertz CT molecular complexity index is 1110. The number of benzene rings is 1. The molecule has 1 aromatic rings. The average molecular weight is 537 g/mol. The van der Waals surface area contributed by atoms with Crippen LogP contribution in [-0.4, -0.2) is 66.3 Å². The Labute approximate surface area is 190 Å². The Balaban J connectivity index is 3.88. The molecule has 0 spiro atoms. The Morgan fingerprint density at radius 2 is 1.03 bits per heavy atom. The van der Waals surface area contributed by atoms with Crippen molar-refractivity contribution in [3.05, 3.63) is 17.7 Å². The van der Waals surface area contributed by atoms with E-state index in [2.05, 4.69) is 0 Å². The predicted octanol–water partition coefficient (Wildman–Crippen LogP) is 1.39. The first-order valence-corrected chi connectivity index (χ1v) is 13.8. The molecule has 14 nitrogen and oxygen atoms in total. The van der Waals surface area contributed by atoms with Crippen molar-refractivity contribution < 1.29 is 63.0 Å². The van der Waals surface area contributed by atoms with E-state index in [-0.39, 0.29) is 19.3 Å². The van der Waals surface area contributed by atoms with Gasteiger partial charge in [-0.2, -0.15) is 25.3 Å². The Morgan fingerprint density at radius 1 is 0.727 bits per heavy atom. The topological polar surface area (TPSA) is 228 Å². The maximum atomic E-state index is 11.6. The van der Waals surface area contributed by atoms with Crippen LogP contribution in [0.15, 0.2) is 12.1 Å². The van der Waals surface area contributed by atoms with Crippen molar-refractivity contribution in [1.82, 2.24) is 0 Å². The Morgan fingerprint density at radius 3 is 1.27 bits per heavy atom. The van der Waals surface area contributed by atoms with Crippen molar-refractivity contribution in [3.8, 4) is 17.2 Å². The Kier molecular flexibility index (Phi) is 9.47. The lowest BCUT2D eigenvalue weighted by atomic mass is 10.2. The molecule has 190 valence electrons. The van der Waals surface area contributed by atoms with E-state index in [0.29, 0.717) is 12.1 Å². The summed E-state index contributed by atoms with van der Waals surface area (Å²) in [6.07, 6.45) is -1.09. The molecule has 0 fully saturated rings. The zero-order valence-corrected chi connectivity index (χ0v) is 20.1. The Hall–Kier alpha value is -2.18. The monoisotopic (exact) mass is 536 g/mol. The summed E-state index contributed by atoms with van der Waals surface area (Å²) in [4.78, 5) is 11.5. The summed E-state index contributed by atoms with van der Waals surface area (Å²) in [5.41, 5.74) is -6.56. The largest absolute Gasteiger partial charge is 0.478 e. The lowest BCUT2D eigenvalue weighted by Crippen LogP contribution is -2.30.